The Balaban J connectivity index is 2.13. The number of hydrogen-bond donors (Lipinski definition) is 2. The number of hydrogen-bond acceptors (Lipinski definition) is 6. The number of nitrogens with zero attached hydrogens (tertiary/aromatic N) is 3. The highest BCUT2D eigenvalue weighted by Gasteiger charge is 2.16. The molecule has 0 unspecified atom stereocenters. The molecule has 1 aromatic carbocycles. The van der Waals surface area contributed by atoms with Crippen LogP contribution in [0.4, 0.5) is 0 Å². The number of carbonyl (C=O) groups is 1. The summed E-state index contributed by atoms with van der Waals surface area (Å²) in [5.41, 5.74) is 0.453. The molecule has 1 aromatic heterocycles. The van der Waals surface area contributed by atoms with Gasteiger partial charge in [-0.25, -0.2) is 0 Å². The van der Waals surface area contributed by atoms with Crippen LogP contribution >= 0.6 is 0 Å². The molecule has 2 aromatic rings. The highest BCUT2D eigenvalue weighted by Crippen LogP contribution is 2.28. The summed E-state index contributed by atoms with van der Waals surface area (Å²) in [4.78, 5) is 12.3. The molecule has 2 rings (SSSR count). The Morgan fingerprint density at radius 3 is 2.91 bits per heavy atom. The van der Waals surface area contributed by atoms with Crippen LogP contribution in [0.15, 0.2) is 30.9 Å². The van der Waals surface area contributed by atoms with Crippen LogP contribution in [-0.4, -0.2) is 39.7 Å². The Bertz CT molecular complexity index is 657. The van der Waals surface area contributed by atoms with Crippen molar-refractivity contribution in [1.82, 2.24) is 25.9 Å². The number of amides is 1. The van der Waals surface area contributed by atoms with Crippen molar-refractivity contribution in [3.8, 4) is 11.5 Å². The number of rotatable bonds is 8. The molecule has 1 heterocycles. The second-order valence-corrected chi connectivity index (χ2v) is 4.66. The van der Waals surface area contributed by atoms with Gasteiger partial charge in [0.05, 0.1) is 12.6 Å². The first-order valence-electron chi connectivity index (χ1n) is 7.20. The molecule has 0 aliphatic carbocycles. The van der Waals surface area contributed by atoms with Gasteiger partial charge < -0.3 is 14.8 Å². The van der Waals surface area contributed by atoms with Gasteiger partial charge in [-0.2, -0.15) is 5.21 Å². The third kappa shape index (κ3) is 4.29. The van der Waals surface area contributed by atoms with Crippen molar-refractivity contribution >= 4 is 5.91 Å². The molecule has 0 bridgehead atoms. The Hall–Kier alpha value is -2.90. The number of tetrazole rings is 1. The molecule has 2 N–H and O–H groups in total. The minimum atomic E-state index is -0.367. The van der Waals surface area contributed by atoms with Crippen LogP contribution in [0.3, 0.4) is 0 Å². The van der Waals surface area contributed by atoms with E-state index >= 15 is 0 Å². The van der Waals surface area contributed by atoms with Crippen molar-refractivity contribution in [3.63, 3.8) is 0 Å². The summed E-state index contributed by atoms with van der Waals surface area (Å²) in [6.45, 7) is 8.07. The third-order valence-corrected chi connectivity index (χ3v) is 2.96. The molecule has 0 aliphatic heterocycles. The van der Waals surface area contributed by atoms with Gasteiger partial charge in [-0.15, -0.1) is 10.2 Å². The van der Waals surface area contributed by atoms with Gasteiger partial charge in [-0.05, 0) is 32.0 Å². The first-order valence-corrected chi connectivity index (χ1v) is 7.20. The fraction of sp³-hybridized carbons (Fsp3) is 0.333. The average molecular weight is 317 g/mol. The predicted octanol–water partition coefficient (Wildman–Crippen LogP) is 1.65. The first-order chi connectivity index (χ1) is 11.2. The number of nitrogens with one attached hydrogen (secondary N) is 2. The molecule has 0 radical (unpaired) electrons. The van der Waals surface area contributed by atoms with Gasteiger partial charge in [-0.1, -0.05) is 17.9 Å². The Labute approximate surface area is 133 Å². The van der Waals surface area contributed by atoms with Gasteiger partial charge in [0.1, 0.15) is 6.61 Å². The summed E-state index contributed by atoms with van der Waals surface area (Å²) in [6, 6.07) is 4.63. The minimum Gasteiger partial charge on any atom is -0.490 e. The van der Waals surface area contributed by atoms with E-state index in [1.54, 1.807) is 31.2 Å². The SMILES string of the molecule is C=CCOc1ccc(C(=O)N[C@H](C)c2nn[nH]n2)cc1OCC. The molecule has 8 heteroatoms. The second kappa shape index (κ2) is 7.92. The molecule has 0 spiro atoms. The highest BCUT2D eigenvalue weighted by molar-refractivity contribution is 5.95. The van der Waals surface area contributed by atoms with Gasteiger partial charge in [0, 0.05) is 5.56 Å². The monoisotopic (exact) mass is 317 g/mol. The molecule has 23 heavy (non-hydrogen) atoms. The molecule has 8 nitrogen and oxygen atoms in total. The summed E-state index contributed by atoms with van der Waals surface area (Å²) >= 11 is 0. The molecule has 1 atom stereocenters. The maximum absolute atomic E-state index is 12.3. The fourth-order valence-electron chi connectivity index (χ4n) is 1.88. The molecule has 0 aliphatic rings. The summed E-state index contributed by atoms with van der Waals surface area (Å²) in [7, 11) is 0. The zero-order valence-electron chi connectivity index (χ0n) is 13.1. The van der Waals surface area contributed by atoms with Crippen molar-refractivity contribution < 1.29 is 14.3 Å². The van der Waals surface area contributed by atoms with Crippen LogP contribution in [0.1, 0.15) is 36.1 Å². The molecule has 0 fully saturated rings. The lowest BCUT2D eigenvalue weighted by Crippen LogP contribution is -2.27. The van der Waals surface area contributed by atoms with Crippen LogP contribution in [0.25, 0.3) is 0 Å². The highest BCUT2D eigenvalue weighted by atomic mass is 16.5. The number of aromatic nitrogens is 4. The summed E-state index contributed by atoms with van der Waals surface area (Å²) < 4.78 is 11.0. The van der Waals surface area contributed by atoms with E-state index in [0.29, 0.717) is 36.1 Å². The summed E-state index contributed by atoms with van der Waals surface area (Å²) in [6.07, 6.45) is 1.64. The van der Waals surface area contributed by atoms with Crippen molar-refractivity contribution in [1.29, 1.82) is 0 Å². The Morgan fingerprint density at radius 2 is 2.26 bits per heavy atom. The van der Waals surface area contributed by atoms with Gasteiger partial charge in [0.2, 0.25) is 0 Å². The zero-order chi connectivity index (χ0) is 16.7. The van der Waals surface area contributed by atoms with Crippen molar-refractivity contribution in [2.45, 2.75) is 19.9 Å². The van der Waals surface area contributed by atoms with E-state index < -0.39 is 0 Å². The van der Waals surface area contributed by atoms with Crippen LogP contribution in [-0.2, 0) is 0 Å². The molecule has 0 saturated carbocycles. The van der Waals surface area contributed by atoms with E-state index in [-0.39, 0.29) is 11.9 Å². The van der Waals surface area contributed by atoms with E-state index in [4.69, 9.17) is 9.47 Å². The quantitative estimate of drug-likeness (QED) is 0.718. The predicted molar refractivity (Wildman–Crippen MR) is 83.4 cm³/mol. The molecule has 0 saturated heterocycles. The second-order valence-electron chi connectivity index (χ2n) is 4.66. The minimum absolute atomic E-state index is 0.265. The van der Waals surface area contributed by atoms with Gasteiger partial charge in [-0.3, -0.25) is 4.79 Å². The molecular weight excluding hydrogens is 298 g/mol. The molecular formula is C15H19N5O3. The smallest absolute Gasteiger partial charge is 0.252 e. The zero-order valence-corrected chi connectivity index (χ0v) is 13.1. The topological polar surface area (TPSA) is 102 Å². The van der Waals surface area contributed by atoms with E-state index in [1.807, 2.05) is 6.92 Å². The van der Waals surface area contributed by atoms with Crippen molar-refractivity contribution in [2.24, 2.45) is 0 Å². The number of ether oxygens (including phenoxy) is 2. The van der Waals surface area contributed by atoms with Crippen molar-refractivity contribution in [2.75, 3.05) is 13.2 Å². The normalized spacial score (nSPS) is 11.6. The number of H-pyrrole nitrogens is 1. The number of carbonyl (C=O) groups excluding carboxylic acids is 1. The standard InChI is InChI=1S/C15H19N5O3/c1-4-8-23-12-7-6-11(9-13(12)22-5-2)15(21)16-10(3)14-17-19-20-18-14/h4,6-7,9-10H,1,5,8H2,2-3H3,(H,16,21)(H,17,18,19,20)/t10-/m1/s1. The van der Waals surface area contributed by atoms with Crippen LogP contribution in [0.2, 0.25) is 0 Å². The van der Waals surface area contributed by atoms with Gasteiger partial charge in [0.15, 0.2) is 17.3 Å². The fourth-order valence-corrected chi connectivity index (χ4v) is 1.88. The van der Waals surface area contributed by atoms with Crippen LogP contribution in [0, 0.1) is 0 Å². The van der Waals surface area contributed by atoms with Gasteiger partial charge in [0.25, 0.3) is 5.91 Å². The van der Waals surface area contributed by atoms with E-state index in [0.717, 1.165) is 0 Å². The largest absolute Gasteiger partial charge is 0.490 e. The average Bonchev–Trinajstić information content (AvgIpc) is 3.08. The number of benzene rings is 1. The van der Waals surface area contributed by atoms with E-state index in [2.05, 4.69) is 32.5 Å². The molecule has 122 valence electrons. The van der Waals surface area contributed by atoms with Crippen molar-refractivity contribution in [3.05, 3.63) is 42.2 Å². The van der Waals surface area contributed by atoms with Crippen LogP contribution < -0.4 is 14.8 Å². The Kier molecular flexibility index (Phi) is 5.67. The third-order valence-electron chi connectivity index (χ3n) is 2.96. The summed E-state index contributed by atoms with van der Waals surface area (Å²) in [5.74, 6) is 1.22. The maximum Gasteiger partial charge on any atom is 0.252 e. The van der Waals surface area contributed by atoms with E-state index in [9.17, 15) is 4.79 Å². The first kappa shape index (κ1) is 16.5. The maximum atomic E-state index is 12.3. The van der Waals surface area contributed by atoms with E-state index in [1.165, 1.54) is 0 Å². The van der Waals surface area contributed by atoms with Crippen LogP contribution in [0.5, 0.6) is 11.5 Å². The summed E-state index contributed by atoms with van der Waals surface area (Å²) in [5, 5.41) is 16.3. The lowest BCUT2D eigenvalue weighted by Gasteiger charge is -2.14. The number of aromatic amines is 1. The lowest BCUT2D eigenvalue weighted by molar-refractivity contribution is 0.0937. The Morgan fingerprint density at radius 1 is 1.43 bits per heavy atom. The van der Waals surface area contributed by atoms with Gasteiger partial charge >= 0.3 is 0 Å². The molecule has 1 amide bonds. The lowest BCUT2D eigenvalue weighted by atomic mass is 10.1.